The van der Waals surface area contributed by atoms with Crippen LogP contribution in [0.2, 0.25) is 0 Å². The Balaban J connectivity index is 2.05. The van der Waals surface area contributed by atoms with Gasteiger partial charge in [0.05, 0.1) is 13.3 Å². The van der Waals surface area contributed by atoms with E-state index in [9.17, 15) is 4.79 Å². The average Bonchev–Trinajstić information content (AvgIpc) is 2.66. The van der Waals surface area contributed by atoms with Crippen molar-refractivity contribution >= 4 is 28.1 Å². The predicted octanol–water partition coefficient (Wildman–Crippen LogP) is 6.61. The Bertz CT molecular complexity index is 561. The zero-order valence-corrected chi connectivity index (χ0v) is 18.5. The van der Waals surface area contributed by atoms with Crippen molar-refractivity contribution in [1.29, 1.82) is 0 Å². The Morgan fingerprint density at radius 2 is 1.63 bits per heavy atom. The Morgan fingerprint density at radius 1 is 1.04 bits per heavy atom. The number of rotatable bonds is 15. The van der Waals surface area contributed by atoms with E-state index in [0.29, 0.717) is 6.42 Å². The van der Waals surface area contributed by atoms with Gasteiger partial charge in [-0.25, -0.2) is 5.43 Å². The van der Waals surface area contributed by atoms with Crippen LogP contribution in [-0.4, -0.2) is 19.2 Å². The molecule has 4 nitrogen and oxygen atoms in total. The SMILES string of the molecule is CCCCCCCCCCCCCC(=O)N/N=C/c1cc(Br)ccc1OC. The molecular formula is C22H35BrN2O2. The summed E-state index contributed by atoms with van der Waals surface area (Å²) < 4.78 is 6.22. The fourth-order valence-corrected chi connectivity index (χ4v) is 3.36. The molecule has 27 heavy (non-hydrogen) atoms. The summed E-state index contributed by atoms with van der Waals surface area (Å²) in [7, 11) is 1.62. The van der Waals surface area contributed by atoms with Gasteiger partial charge in [-0.15, -0.1) is 0 Å². The van der Waals surface area contributed by atoms with Crippen LogP contribution in [-0.2, 0) is 4.79 Å². The van der Waals surface area contributed by atoms with Crippen LogP contribution in [0.5, 0.6) is 5.75 Å². The molecule has 1 rings (SSSR count). The third-order valence-electron chi connectivity index (χ3n) is 4.59. The molecule has 0 spiro atoms. The van der Waals surface area contributed by atoms with Crippen molar-refractivity contribution in [2.75, 3.05) is 7.11 Å². The Kier molecular flexibility index (Phi) is 13.7. The van der Waals surface area contributed by atoms with Gasteiger partial charge in [-0.3, -0.25) is 4.79 Å². The summed E-state index contributed by atoms with van der Waals surface area (Å²) in [6.45, 7) is 2.26. The molecule has 5 heteroatoms. The van der Waals surface area contributed by atoms with Crippen LogP contribution in [0, 0.1) is 0 Å². The van der Waals surface area contributed by atoms with Crippen molar-refractivity contribution in [2.45, 2.75) is 84.0 Å². The van der Waals surface area contributed by atoms with E-state index in [1.165, 1.54) is 57.8 Å². The third-order valence-corrected chi connectivity index (χ3v) is 5.09. The molecule has 0 aromatic heterocycles. The molecule has 152 valence electrons. The highest BCUT2D eigenvalue weighted by atomic mass is 79.9. The summed E-state index contributed by atoms with van der Waals surface area (Å²) in [5.41, 5.74) is 3.42. The molecule has 0 aliphatic heterocycles. The van der Waals surface area contributed by atoms with Gasteiger partial charge < -0.3 is 4.74 Å². The van der Waals surface area contributed by atoms with Crippen molar-refractivity contribution in [2.24, 2.45) is 5.10 Å². The Morgan fingerprint density at radius 3 is 2.22 bits per heavy atom. The average molecular weight is 439 g/mol. The fraction of sp³-hybridized carbons (Fsp3) is 0.636. The van der Waals surface area contributed by atoms with E-state index in [1.54, 1.807) is 13.3 Å². The number of carbonyl (C=O) groups is 1. The van der Waals surface area contributed by atoms with Gasteiger partial charge in [0, 0.05) is 16.5 Å². The van der Waals surface area contributed by atoms with Crippen LogP contribution in [0.1, 0.15) is 89.5 Å². The number of ether oxygens (including phenoxy) is 1. The second-order valence-electron chi connectivity index (χ2n) is 6.96. The lowest BCUT2D eigenvalue weighted by molar-refractivity contribution is -0.121. The van der Waals surface area contributed by atoms with Gasteiger partial charge in [-0.05, 0) is 24.6 Å². The fourth-order valence-electron chi connectivity index (χ4n) is 2.99. The number of amides is 1. The molecule has 0 radical (unpaired) electrons. The third kappa shape index (κ3) is 11.9. The van der Waals surface area contributed by atoms with E-state index in [0.717, 1.165) is 28.6 Å². The van der Waals surface area contributed by atoms with Crippen molar-refractivity contribution in [1.82, 2.24) is 5.43 Å². The number of halogens is 1. The van der Waals surface area contributed by atoms with E-state index in [1.807, 2.05) is 18.2 Å². The first kappa shape index (κ1) is 23.7. The molecule has 0 bridgehead atoms. The van der Waals surface area contributed by atoms with Gasteiger partial charge in [0.25, 0.3) is 0 Å². The zero-order chi connectivity index (χ0) is 19.7. The maximum absolute atomic E-state index is 11.8. The van der Waals surface area contributed by atoms with Gasteiger partial charge in [0.15, 0.2) is 0 Å². The van der Waals surface area contributed by atoms with Crippen LogP contribution < -0.4 is 10.2 Å². The van der Waals surface area contributed by atoms with E-state index in [4.69, 9.17) is 4.74 Å². The van der Waals surface area contributed by atoms with Crippen molar-refractivity contribution in [3.63, 3.8) is 0 Å². The first-order chi connectivity index (χ1) is 13.2. The smallest absolute Gasteiger partial charge is 0.240 e. The highest BCUT2D eigenvalue weighted by Crippen LogP contribution is 2.21. The summed E-state index contributed by atoms with van der Waals surface area (Å²) in [4.78, 5) is 11.8. The van der Waals surface area contributed by atoms with Gasteiger partial charge in [0.2, 0.25) is 5.91 Å². The Hall–Kier alpha value is -1.36. The van der Waals surface area contributed by atoms with Crippen LogP contribution in [0.3, 0.4) is 0 Å². The Labute approximate surface area is 173 Å². The summed E-state index contributed by atoms with van der Waals surface area (Å²) in [6.07, 6.45) is 16.2. The van der Waals surface area contributed by atoms with Gasteiger partial charge in [-0.2, -0.15) is 5.10 Å². The van der Waals surface area contributed by atoms with Gasteiger partial charge in [-0.1, -0.05) is 87.1 Å². The second kappa shape index (κ2) is 15.7. The monoisotopic (exact) mass is 438 g/mol. The second-order valence-corrected chi connectivity index (χ2v) is 7.88. The van der Waals surface area contributed by atoms with E-state index < -0.39 is 0 Å². The first-order valence-corrected chi connectivity index (χ1v) is 11.1. The molecule has 0 unspecified atom stereocenters. The molecule has 0 heterocycles. The molecule has 1 amide bonds. The number of hydrogen-bond donors (Lipinski definition) is 1. The molecular weight excluding hydrogens is 404 g/mol. The number of nitrogens with one attached hydrogen (secondary N) is 1. The van der Waals surface area contributed by atoms with Crippen LogP contribution >= 0.6 is 15.9 Å². The first-order valence-electron chi connectivity index (χ1n) is 10.3. The number of carbonyl (C=O) groups excluding carboxylic acids is 1. The maximum Gasteiger partial charge on any atom is 0.240 e. The minimum absolute atomic E-state index is 0.0314. The summed E-state index contributed by atoms with van der Waals surface area (Å²) in [5.74, 6) is 0.692. The van der Waals surface area contributed by atoms with Gasteiger partial charge >= 0.3 is 0 Å². The molecule has 1 aromatic carbocycles. The number of nitrogens with zero attached hydrogens (tertiary/aromatic N) is 1. The minimum atomic E-state index is -0.0314. The molecule has 0 saturated heterocycles. The van der Waals surface area contributed by atoms with E-state index in [-0.39, 0.29) is 5.91 Å². The highest BCUT2D eigenvalue weighted by Gasteiger charge is 2.02. The van der Waals surface area contributed by atoms with Gasteiger partial charge in [0.1, 0.15) is 5.75 Å². The molecule has 0 saturated carbocycles. The number of unbranched alkanes of at least 4 members (excludes halogenated alkanes) is 10. The number of methoxy groups -OCH3 is 1. The largest absolute Gasteiger partial charge is 0.496 e. The molecule has 0 atom stereocenters. The molecule has 1 aromatic rings. The standard InChI is InChI=1S/C22H35BrN2O2/c1-3-4-5-6-7-8-9-10-11-12-13-14-22(26)25-24-18-19-17-20(23)15-16-21(19)27-2/h15-18H,3-14H2,1-2H3,(H,25,26)/b24-18+. The lowest BCUT2D eigenvalue weighted by Gasteiger charge is -2.05. The zero-order valence-electron chi connectivity index (χ0n) is 16.9. The van der Waals surface area contributed by atoms with Crippen LogP contribution in [0.25, 0.3) is 0 Å². The molecule has 0 aliphatic carbocycles. The minimum Gasteiger partial charge on any atom is -0.496 e. The number of benzene rings is 1. The molecule has 1 N–H and O–H groups in total. The van der Waals surface area contributed by atoms with Crippen LogP contribution in [0.15, 0.2) is 27.8 Å². The van der Waals surface area contributed by atoms with Crippen molar-refractivity contribution in [3.05, 3.63) is 28.2 Å². The van der Waals surface area contributed by atoms with Crippen molar-refractivity contribution < 1.29 is 9.53 Å². The number of hydrazone groups is 1. The quantitative estimate of drug-likeness (QED) is 0.190. The maximum atomic E-state index is 11.8. The van der Waals surface area contributed by atoms with Crippen LogP contribution in [0.4, 0.5) is 0 Å². The lowest BCUT2D eigenvalue weighted by Crippen LogP contribution is -2.17. The normalized spacial score (nSPS) is 11.1. The highest BCUT2D eigenvalue weighted by molar-refractivity contribution is 9.10. The topological polar surface area (TPSA) is 50.7 Å². The van der Waals surface area contributed by atoms with Crippen molar-refractivity contribution in [3.8, 4) is 5.75 Å². The summed E-state index contributed by atoms with van der Waals surface area (Å²) in [5, 5.41) is 4.04. The van der Waals surface area contributed by atoms with E-state index >= 15 is 0 Å². The summed E-state index contributed by atoms with van der Waals surface area (Å²) >= 11 is 3.42. The lowest BCUT2D eigenvalue weighted by atomic mass is 10.1. The number of hydrogen-bond acceptors (Lipinski definition) is 3. The predicted molar refractivity (Wildman–Crippen MR) is 118 cm³/mol. The summed E-state index contributed by atoms with van der Waals surface area (Å²) in [6, 6.07) is 5.66. The molecule has 0 fully saturated rings. The molecule has 0 aliphatic rings. The van der Waals surface area contributed by atoms with E-state index in [2.05, 4.69) is 33.4 Å².